The van der Waals surface area contributed by atoms with Gasteiger partial charge < -0.3 is 15.9 Å². The van der Waals surface area contributed by atoms with Gasteiger partial charge in [-0.3, -0.25) is 4.79 Å². The molecule has 0 radical (unpaired) electrons. The Morgan fingerprint density at radius 3 is 2.25 bits per heavy atom. The van der Waals surface area contributed by atoms with Crippen LogP contribution in [0.25, 0.3) is 0 Å². The minimum absolute atomic E-state index is 0.183. The van der Waals surface area contributed by atoms with Crippen molar-refractivity contribution >= 4 is 5.97 Å². The van der Waals surface area contributed by atoms with E-state index in [4.69, 9.17) is 15.9 Å². The molecule has 4 N–H and O–H groups in total. The zero-order chi connectivity index (χ0) is 6.36. The second-order valence-corrected chi connectivity index (χ2v) is 2.07. The number of carboxylic acid groups (broad SMARTS) is 1. The molecular formula is C4H7NO3. The van der Waals surface area contributed by atoms with E-state index < -0.39 is 17.6 Å². The normalized spacial score (nSPS) is 44.0. The molecule has 0 bridgehead atoms. The van der Waals surface area contributed by atoms with E-state index in [1.165, 1.54) is 0 Å². The molecule has 8 heavy (non-hydrogen) atoms. The highest BCUT2D eigenvalue weighted by atomic mass is 16.4. The molecule has 0 amide bonds. The lowest BCUT2D eigenvalue weighted by Gasteiger charge is -1.97. The van der Waals surface area contributed by atoms with Crippen LogP contribution in [-0.2, 0) is 4.79 Å². The average molecular weight is 117 g/mol. The molecule has 1 rings (SSSR count). The third-order valence-corrected chi connectivity index (χ3v) is 1.36. The Morgan fingerprint density at radius 1 is 1.88 bits per heavy atom. The Kier molecular flexibility index (Phi) is 0.835. The number of hydrogen-bond donors (Lipinski definition) is 3. The molecule has 1 aliphatic carbocycles. The number of aliphatic carboxylic acids is 1. The van der Waals surface area contributed by atoms with Crippen LogP contribution in [0.5, 0.6) is 0 Å². The fourth-order valence-electron chi connectivity index (χ4n) is 0.491. The van der Waals surface area contributed by atoms with Crippen molar-refractivity contribution in [1.82, 2.24) is 0 Å². The molecule has 1 unspecified atom stereocenters. The molecule has 0 saturated heterocycles. The summed E-state index contributed by atoms with van der Waals surface area (Å²) in [4.78, 5) is 10.0. The van der Waals surface area contributed by atoms with Gasteiger partial charge in [0.05, 0.1) is 6.10 Å². The monoisotopic (exact) mass is 117 g/mol. The van der Waals surface area contributed by atoms with Crippen LogP contribution in [0.1, 0.15) is 6.42 Å². The number of carbonyl (C=O) groups is 1. The van der Waals surface area contributed by atoms with Crippen LogP contribution in [0.15, 0.2) is 0 Å². The maximum Gasteiger partial charge on any atom is 0.326 e. The van der Waals surface area contributed by atoms with Crippen LogP contribution < -0.4 is 5.73 Å². The van der Waals surface area contributed by atoms with Crippen molar-refractivity contribution in [3.8, 4) is 0 Å². The van der Waals surface area contributed by atoms with Gasteiger partial charge in [0.15, 0.2) is 0 Å². The van der Waals surface area contributed by atoms with E-state index in [1.807, 2.05) is 0 Å². The zero-order valence-electron chi connectivity index (χ0n) is 4.16. The summed E-state index contributed by atoms with van der Waals surface area (Å²) < 4.78 is 0. The number of carboxylic acids is 1. The highest BCUT2D eigenvalue weighted by Crippen LogP contribution is 2.32. The molecule has 0 heterocycles. The first kappa shape index (κ1) is 5.53. The molecular weight excluding hydrogens is 110 g/mol. The largest absolute Gasteiger partial charge is 0.480 e. The van der Waals surface area contributed by atoms with E-state index in [0.29, 0.717) is 0 Å². The second-order valence-electron chi connectivity index (χ2n) is 2.07. The summed E-state index contributed by atoms with van der Waals surface area (Å²) in [6, 6.07) is 0. The van der Waals surface area contributed by atoms with Gasteiger partial charge in [0, 0.05) is 6.42 Å². The number of hydrogen-bond acceptors (Lipinski definition) is 3. The lowest BCUT2D eigenvalue weighted by atomic mass is 10.3. The quantitative estimate of drug-likeness (QED) is 0.391. The van der Waals surface area contributed by atoms with E-state index in [1.54, 1.807) is 0 Å². The molecule has 0 aliphatic heterocycles. The second kappa shape index (κ2) is 1.21. The van der Waals surface area contributed by atoms with Crippen LogP contribution in [0.4, 0.5) is 0 Å². The molecule has 1 saturated carbocycles. The molecule has 0 aromatic carbocycles. The van der Waals surface area contributed by atoms with Gasteiger partial charge in [0.1, 0.15) is 5.54 Å². The fourth-order valence-corrected chi connectivity index (χ4v) is 0.491. The van der Waals surface area contributed by atoms with Crippen LogP contribution in [0.3, 0.4) is 0 Å². The Labute approximate surface area is 45.9 Å². The van der Waals surface area contributed by atoms with Crippen molar-refractivity contribution in [2.75, 3.05) is 0 Å². The summed E-state index contributed by atoms with van der Waals surface area (Å²) in [5.74, 6) is -1.12. The predicted molar refractivity (Wildman–Crippen MR) is 25.2 cm³/mol. The summed E-state index contributed by atoms with van der Waals surface area (Å²) >= 11 is 0. The first-order chi connectivity index (χ1) is 3.57. The van der Waals surface area contributed by atoms with Crippen LogP contribution in [-0.4, -0.2) is 27.8 Å². The number of aliphatic hydroxyl groups is 1. The minimum Gasteiger partial charge on any atom is -0.480 e. The fraction of sp³-hybridized carbons (Fsp3) is 0.750. The smallest absolute Gasteiger partial charge is 0.326 e. The highest BCUT2D eigenvalue weighted by molar-refractivity contribution is 5.83. The van der Waals surface area contributed by atoms with Gasteiger partial charge in [-0.05, 0) is 0 Å². The van der Waals surface area contributed by atoms with Crippen molar-refractivity contribution in [3.05, 3.63) is 0 Å². The van der Waals surface area contributed by atoms with E-state index >= 15 is 0 Å². The highest BCUT2D eigenvalue weighted by Gasteiger charge is 2.57. The van der Waals surface area contributed by atoms with E-state index in [-0.39, 0.29) is 6.42 Å². The molecule has 0 spiro atoms. The zero-order valence-corrected chi connectivity index (χ0v) is 4.16. The summed E-state index contributed by atoms with van der Waals surface area (Å²) in [6.45, 7) is 0. The summed E-state index contributed by atoms with van der Waals surface area (Å²) in [6.07, 6.45) is -0.650. The molecule has 0 aromatic rings. The van der Waals surface area contributed by atoms with Crippen molar-refractivity contribution in [2.45, 2.75) is 18.1 Å². The predicted octanol–water partition coefficient (Wildman–Crippen LogP) is -1.47. The van der Waals surface area contributed by atoms with Crippen molar-refractivity contribution in [3.63, 3.8) is 0 Å². The SMILES string of the molecule is N[C@@]1(C(=O)O)CC1O. The maximum atomic E-state index is 10.0. The minimum atomic E-state index is -1.32. The van der Waals surface area contributed by atoms with Crippen LogP contribution in [0, 0.1) is 0 Å². The number of aliphatic hydroxyl groups excluding tert-OH is 1. The summed E-state index contributed by atoms with van der Waals surface area (Å²) in [7, 11) is 0. The van der Waals surface area contributed by atoms with Gasteiger partial charge in [-0.15, -0.1) is 0 Å². The first-order valence-electron chi connectivity index (χ1n) is 2.28. The van der Waals surface area contributed by atoms with Gasteiger partial charge in [-0.2, -0.15) is 0 Å². The number of rotatable bonds is 1. The molecule has 2 atom stereocenters. The Balaban J connectivity index is 2.60. The van der Waals surface area contributed by atoms with E-state index in [0.717, 1.165) is 0 Å². The maximum absolute atomic E-state index is 10.0. The van der Waals surface area contributed by atoms with E-state index in [9.17, 15) is 4.79 Å². The topological polar surface area (TPSA) is 83.6 Å². The molecule has 0 aromatic heterocycles. The summed E-state index contributed by atoms with van der Waals surface area (Å²) in [5.41, 5.74) is 3.76. The van der Waals surface area contributed by atoms with Crippen molar-refractivity contribution in [2.24, 2.45) is 5.73 Å². The third-order valence-electron chi connectivity index (χ3n) is 1.36. The Morgan fingerprint density at radius 2 is 2.25 bits per heavy atom. The third kappa shape index (κ3) is 0.502. The van der Waals surface area contributed by atoms with Crippen molar-refractivity contribution in [1.29, 1.82) is 0 Å². The van der Waals surface area contributed by atoms with Gasteiger partial charge in [0.25, 0.3) is 0 Å². The lowest BCUT2D eigenvalue weighted by Crippen LogP contribution is -2.36. The molecule has 1 fully saturated rings. The molecule has 4 heteroatoms. The average Bonchev–Trinajstić information content (AvgIpc) is 2.17. The van der Waals surface area contributed by atoms with Crippen molar-refractivity contribution < 1.29 is 15.0 Å². The summed E-state index contributed by atoms with van der Waals surface area (Å²) in [5, 5.41) is 16.7. The lowest BCUT2D eigenvalue weighted by molar-refractivity contribution is -0.140. The van der Waals surface area contributed by atoms with Gasteiger partial charge in [-0.25, -0.2) is 0 Å². The Hall–Kier alpha value is -0.610. The first-order valence-corrected chi connectivity index (χ1v) is 2.28. The van der Waals surface area contributed by atoms with Gasteiger partial charge >= 0.3 is 5.97 Å². The number of nitrogens with two attached hydrogens (primary N) is 1. The standard InChI is InChI=1S/C4H7NO3/c5-4(3(7)8)1-2(4)6/h2,6H,1,5H2,(H,7,8)/t2?,4-/m0/s1. The molecule has 1 aliphatic rings. The van der Waals surface area contributed by atoms with Gasteiger partial charge in [0.2, 0.25) is 0 Å². The molecule has 46 valence electrons. The van der Waals surface area contributed by atoms with Crippen LogP contribution >= 0.6 is 0 Å². The Bertz CT molecular complexity index is 135. The molecule has 4 nitrogen and oxygen atoms in total. The van der Waals surface area contributed by atoms with E-state index in [2.05, 4.69) is 0 Å². The van der Waals surface area contributed by atoms with Gasteiger partial charge in [-0.1, -0.05) is 0 Å². The van der Waals surface area contributed by atoms with Crippen LogP contribution in [0.2, 0.25) is 0 Å².